The molecule has 1 aliphatic rings. The van der Waals surface area contributed by atoms with Crippen molar-refractivity contribution >= 4 is 14.2 Å². The van der Waals surface area contributed by atoms with Gasteiger partial charge in [0.1, 0.15) is 0 Å². The van der Waals surface area contributed by atoms with Crippen molar-refractivity contribution in [2.45, 2.75) is 37.8 Å². The smallest absolute Gasteiger partial charge is 0.235 e. The molecule has 0 heterocycles. The summed E-state index contributed by atoms with van der Waals surface area (Å²) in [6.45, 7) is 0. The van der Waals surface area contributed by atoms with E-state index in [1.54, 1.807) is 0 Å². The molecule has 0 aromatic carbocycles. The molecule has 1 amide bonds. The Morgan fingerprint density at radius 2 is 1.90 bits per heavy atom. The first-order valence-electron chi connectivity index (χ1n) is 3.85. The molecular formula is C7H14NOP. The van der Waals surface area contributed by atoms with Gasteiger partial charge in [-0.1, -0.05) is 19.3 Å². The third-order valence-corrected chi connectivity index (χ3v) is 3.22. The van der Waals surface area contributed by atoms with Crippen molar-refractivity contribution in [3.05, 3.63) is 0 Å². The van der Waals surface area contributed by atoms with Gasteiger partial charge in [-0.3, -0.25) is 4.79 Å². The standard InChI is InChI=1S/C7H14NOP/c8-7(9)10-6-4-2-1-3-5-6/h6,10H,1-5H2,(H2,8,9). The first-order valence-corrected chi connectivity index (χ1v) is 4.93. The normalized spacial score (nSPS) is 22.0. The number of carbonyl (C=O) groups excluding carboxylic acids is 1. The van der Waals surface area contributed by atoms with E-state index in [9.17, 15) is 4.79 Å². The highest BCUT2D eigenvalue weighted by Crippen LogP contribution is 2.32. The summed E-state index contributed by atoms with van der Waals surface area (Å²) in [5, 5.41) is 0. The van der Waals surface area contributed by atoms with Gasteiger partial charge in [-0.05, 0) is 27.1 Å². The summed E-state index contributed by atoms with van der Waals surface area (Å²) in [5.41, 5.74) is 5.62. The van der Waals surface area contributed by atoms with E-state index in [-0.39, 0.29) is 5.65 Å². The molecule has 0 spiro atoms. The number of primary amides is 1. The first kappa shape index (κ1) is 8.00. The summed E-state index contributed by atoms with van der Waals surface area (Å²) in [6.07, 6.45) is 6.39. The summed E-state index contributed by atoms with van der Waals surface area (Å²) in [7, 11) is 0.377. The monoisotopic (exact) mass is 159 g/mol. The van der Waals surface area contributed by atoms with E-state index in [1.807, 2.05) is 0 Å². The van der Waals surface area contributed by atoms with Gasteiger partial charge < -0.3 is 5.73 Å². The summed E-state index contributed by atoms with van der Waals surface area (Å²) in [4.78, 5) is 10.5. The fourth-order valence-electron chi connectivity index (χ4n) is 1.45. The minimum Gasteiger partial charge on any atom is -0.366 e. The quantitative estimate of drug-likeness (QED) is 0.616. The zero-order chi connectivity index (χ0) is 7.40. The average molecular weight is 159 g/mol. The number of carbonyl (C=O) groups is 1. The Balaban J connectivity index is 2.19. The Bertz CT molecular complexity index is 121. The maximum Gasteiger partial charge on any atom is 0.235 e. The van der Waals surface area contributed by atoms with E-state index >= 15 is 0 Å². The van der Waals surface area contributed by atoms with E-state index in [1.165, 1.54) is 32.1 Å². The molecule has 1 saturated carbocycles. The van der Waals surface area contributed by atoms with Crippen LogP contribution in [-0.2, 0) is 0 Å². The predicted octanol–water partition coefficient (Wildman–Crippen LogP) is 2.08. The average Bonchev–Trinajstić information content (AvgIpc) is 1.88. The molecule has 58 valence electrons. The van der Waals surface area contributed by atoms with Crippen molar-refractivity contribution < 1.29 is 4.79 Å². The maximum absolute atomic E-state index is 10.5. The van der Waals surface area contributed by atoms with Crippen LogP contribution in [0.5, 0.6) is 0 Å². The second-order valence-electron chi connectivity index (χ2n) is 2.84. The third kappa shape index (κ3) is 2.66. The van der Waals surface area contributed by atoms with Gasteiger partial charge >= 0.3 is 0 Å². The lowest BCUT2D eigenvalue weighted by atomic mass is 10.0. The largest absolute Gasteiger partial charge is 0.366 e. The van der Waals surface area contributed by atoms with Crippen molar-refractivity contribution in [2.24, 2.45) is 5.73 Å². The van der Waals surface area contributed by atoms with Crippen molar-refractivity contribution in [2.75, 3.05) is 0 Å². The van der Waals surface area contributed by atoms with E-state index in [2.05, 4.69) is 0 Å². The van der Waals surface area contributed by atoms with Gasteiger partial charge in [-0.15, -0.1) is 0 Å². The Morgan fingerprint density at radius 3 is 2.40 bits per heavy atom. The lowest BCUT2D eigenvalue weighted by molar-refractivity contribution is 0.266. The van der Waals surface area contributed by atoms with Crippen LogP contribution in [0.3, 0.4) is 0 Å². The van der Waals surface area contributed by atoms with Gasteiger partial charge in [0.05, 0.1) is 0 Å². The number of amides is 1. The van der Waals surface area contributed by atoms with Crippen LogP contribution in [0.1, 0.15) is 32.1 Å². The second kappa shape index (κ2) is 3.92. The number of nitrogens with two attached hydrogens (primary N) is 1. The molecule has 0 bridgehead atoms. The van der Waals surface area contributed by atoms with E-state index in [0.29, 0.717) is 14.2 Å². The number of hydrogen-bond donors (Lipinski definition) is 1. The van der Waals surface area contributed by atoms with Gasteiger partial charge in [0.25, 0.3) is 0 Å². The Kier molecular flexibility index (Phi) is 3.14. The Labute approximate surface area is 63.3 Å². The first-order chi connectivity index (χ1) is 4.79. The van der Waals surface area contributed by atoms with E-state index in [0.717, 1.165) is 0 Å². The molecule has 10 heavy (non-hydrogen) atoms. The minimum absolute atomic E-state index is 0.105. The molecule has 0 aromatic heterocycles. The highest BCUT2D eigenvalue weighted by atomic mass is 31.1. The molecule has 0 aliphatic heterocycles. The van der Waals surface area contributed by atoms with Crippen LogP contribution in [0.25, 0.3) is 0 Å². The van der Waals surface area contributed by atoms with Crippen LogP contribution in [0, 0.1) is 0 Å². The second-order valence-corrected chi connectivity index (χ2v) is 4.44. The van der Waals surface area contributed by atoms with Crippen molar-refractivity contribution in [1.82, 2.24) is 0 Å². The molecule has 0 radical (unpaired) electrons. The SMILES string of the molecule is NC(=O)PC1CCCCC1. The summed E-state index contributed by atoms with van der Waals surface area (Å²) in [6, 6.07) is 0. The predicted molar refractivity (Wildman–Crippen MR) is 44.8 cm³/mol. The molecule has 1 unspecified atom stereocenters. The molecule has 2 nitrogen and oxygen atoms in total. The van der Waals surface area contributed by atoms with Crippen LogP contribution in [0.2, 0.25) is 0 Å². The van der Waals surface area contributed by atoms with Crippen LogP contribution in [-0.4, -0.2) is 11.3 Å². The maximum atomic E-state index is 10.5. The topological polar surface area (TPSA) is 43.1 Å². The lowest BCUT2D eigenvalue weighted by Crippen LogP contribution is -2.12. The van der Waals surface area contributed by atoms with Crippen LogP contribution < -0.4 is 5.73 Å². The zero-order valence-corrected chi connectivity index (χ0v) is 7.10. The summed E-state index contributed by atoms with van der Waals surface area (Å²) >= 11 is 0. The minimum atomic E-state index is -0.105. The molecule has 0 aromatic rings. The van der Waals surface area contributed by atoms with Crippen molar-refractivity contribution in [3.8, 4) is 0 Å². The fraction of sp³-hybridized carbons (Fsp3) is 0.857. The van der Waals surface area contributed by atoms with E-state index < -0.39 is 0 Å². The molecule has 1 aliphatic carbocycles. The molecule has 1 atom stereocenters. The Morgan fingerprint density at radius 1 is 1.30 bits per heavy atom. The molecule has 2 N–H and O–H groups in total. The molecule has 1 rings (SSSR count). The summed E-state index contributed by atoms with van der Waals surface area (Å²) < 4.78 is 0. The lowest BCUT2D eigenvalue weighted by Gasteiger charge is -2.19. The van der Waals surface area contributed by atoms with E-state index in [4.69, 9.17) is 5.73 Å². The number of rotatable bonds is 2. The highest BCUT2D eigenvalue weighted by molar-refractivity contribution is 7.58. The van der Waals surface area contributed by atoms with Crippen LogP contribution in [0.4, 0.5) is 4.79 Å². The van der Waals surface area contributed by atoms with Crippen LogP contribution in [0.15, 0.2) is 0 Å². The van der Waals surface area contributed by atoms with Gasteiger partial charge in [-0.25, -0.2) is 0 Å². The van der Waals surface area contributed by atoms with Gasteiger partial charge in [-0.2, -0.15) is 0 Å². The van der Waals surface area contributed by atoms with Gasteiger partial charge in [0.15, 0.2) is 0 Å². The van der Waals surface area contributed by atoms with Gasteiger partial charge in [0, 0.05) is 0 Å². The Hall–Kier alpha value is -0.100. The van der Waals surface area contributed by atoms with Crippen molar-refractivity contribution in [1.29, 1.82) is 0 Å². The van der Waals surface area contributed by atoms with Gasteiger partial charge in [0.2, 0.25) is 5.65 Å². The molecule has 3 heteroatoms. The van der Waals surface area contributed by atoms with Crippen LogP contribution >= 0.6 is 8.58 Å². The fourth-order valence-corrected chi connectivity index (χ4v) is 2.55. The third-order valence-electron chi connectivity index (χ3n) is 1.95. The molecule has 1 fully saturated rings. The molecular weight excluding hydrogens is 145 g/mol. The summed E-state index contributed by atoms with van der Waals surface area (Å²) in [5.74, 6) is 0. The highest BCUT2D eigenvalue weighted by Gasteiger charge is 2.14. The number of hydrogen-bond acceptors (Lipinski definition) is 1. The zero-order valence-electron chi connectivity index (χ0n) is 6.10. The van der Waals surface area contributed by atoms with Crippen molar-refractivity contribution in [3.63, 3.8) is 0 Å². The molecule has 0 saturated heterocycles.